The number of hydrogen-bond donors (Lipinski definition) is 2. The smallest absolute Gasteiger partial charge is 0.267 e. The molecule has 0 aliphatic rings. The summed E-state index contributed by atoms with van der Waals surface area (Å²) >= 11 is 5.91. The highest BCUT2D eigenvalue weighted by atomic mass is 35.5. The molecule has 0 aliphatic heterocycles. The van der Waals surface area contributed by atoms with Crippen molar-refractivity contribution in [2.45, 2.75) is 11.8 Å². The van der Waals surface area contributed by atoms with Gasteiger partial charge in [0, 0.05) is 47.3 Å². The second-order valence-electron chi connectivity index (χ2n) is 6.94. The Morgan fingerprint density at radius 2 is 1.85 bits per heavy atom. The van der Waals surface area contributed by atoms with E-state index in [-0.39, 0.29) is 27.0 Å². The summed E-state index contributed by atoms with van der Waals surface area (Å²) in [7, 11) is -1.14. The predicted octanol–water partition coefficient (Wildman–Crippen LogP) is 4.04. The van der Waals surface area contributed by atoms with Crippen LogP contribution in [0.2, 0.25) is 5.02 Å². The van der Waals surface area contributed by atoms with Gasteiger partial charge in [0.05, 0.1) is 12.1 Å². The molecule has 0 fully saturated rings. The fourth-order valence-electron chi connectivity index (χ4n) is 3.20. The molecule has 0 aliphatic carbocycles. The monoisotopic (exact) mass is 488 g/mol. The van der Waals surface area contributed by atoms with E-state index in [4.69, 9.17) is 16.3 Å². The van der Waals surface area contributed by atoms with Crippen LogP contribution in [-0.4, -0.2) is 42.5 Å². The molecule has 0 saturated heterocycles. The molecule has 3 heterocycles. The number of fused-ring (bicyclic) bond motifs is 1. The Hall–Kier alpha value is -3.57. The first-order valence-corrected chi connectivity index (χ1v) is 11.4. The second-order valence-corrected chi connectivity index (χ2v) is 9.03. The maximum absolute atomic E-state index is 14.8. The van der Waals surface area contributed by atoms with E-state index in [1.54, 1.807) is 26.2 Å². The molecule has 0 unspecified atom stereocenters. The van der Waals surface area contributed by atoms with Gasteiger partial charge in [-0.25, -0.2) is 27.8 Å². The molecule has 0 atom stereocenters. The number of rotatable bonds is 6. The minimum absolute atomic E-state index is 0.121. The van der Waals surface area contributed by atoms with Crippen LogP contribution in [0.15, 0.2) is 47.6 Å². The Kier molecular flexibility index (Phi) is 6.00. The number of benzene rings is 1. The Morgan fingerprint density at radius 3 is 2.58 bits per heavy atom. The largest absolute Gasteiger partial charge is 0.480 e. The normalized spacial score (nSPS) is 11.4. The highest BCUT2D eigenvalue weighted by Gasteiger charge is 2.22. The van der Waals surface area contributed by atoms with Crippen molar-refractivity contribution >= 4 is 44.3 Å². The zero-order valence-electron chi connectivity index (χ0n) is 17.7. The van der Waals surface area contributed by atoms with Crippen molar-refractivity contribution in [2.75, 3.05) is 24.2 Å². The molecular weight excluding hydrogens is 471 g/mol. The molecule has 33 heavy (non-hydrogen) atoms. The quantitative estimate of drug-likeness (QED) is 0.417. The summed E-state index contributed by atoms with van der Waals surface area (Å²) in [4.78, 5) is 16.5. The van der Waals surface area contributed by atoms with Gasteiger partial charge in [-0.1, -0.05) is 11.6 Å². The second kappa shape index (κ2) is 8.75. The standard InChI is InChI=1S/C21H18ClFN6O3S/c1-11-15(6-12-9-26-21(24-2)28-19(12)27-11)16-8-14(4-5-17(16)23)29-33(30,31)18-7-13(22)10-25-20(18)32-3/h4-10,29H,1-3H3,(H,24,26,27,28). The number of halogens is 2. The van der Waals surface area contributed by atoms with Gasteiger partial charge in [-0.2, -0.15) is 4.98 Å². The molecule has 3 aromatic heterocycles. The molecule has 1 aromatic carbocycles. The van der Waals surface area contributed by atoms with E-state index in [9.17, 15) is 12.8 Å². The third kappa shape index (κ3) is 4.50. The molecule has 0 saturated carbocycles. The lowest BCUT2D eigenvalue weighted by Gasteiger charge is -2.13. The summed E-state index contributed by atoms with van der Waals surface area (Å²) in [6.07, 6.45) is 2.85. The fraction of sp³-hybridized carbons (Fsp3) is 0.143. The number of sulfonamides is 1. The first kappa shape index (κ1) is 22.6. The number of ether oxygens (including phenoxy) is 1. The number of nitrogens with zero attached hydrogens (tertiary/aromatic N) is 4. The van der Waals surface area contributed by atoms with Crippen molar-refractivity contribution in [1.29, 1.82) is 0 Å². The highest BCUT2D eigenvalue weighted by molar-refractivity contribution is 7.92. The van der Waals surface area contributed by atoms with Crippen LogP contribution >= 0.6 is 11.6 Å². The first-order chi connectivity index (χ1) is 15.7. The van der Waals surface area contributed by atoms with E-state index in [1.165, 1.54) is 37.6 Å². The number of aromatic nitrogens is 4. The molecule has 2 N–H and O–H groups in total. The number of anilines is 2. The van der Waals surface area contributed by atoms with Gasteiger partial charge in [0.1, 0.15) is 5.82 Å². The van der Waals surface area contributed by atoms with Crippen LogP contribution in [0.25, 0.3) is 22.2 Å². The number of hydrogen-bond acceptors (Lipinski definition) is 8. The first-order valence-electron chi connectivity index (χ1n) is 9.56. The van der Waals surface area contributed by atoms with E-state index in [2.05, 4.69) is 30.0 Å². The molecule has 0 bridgehead atoms. The van der Waals surface area contributed by atoms with Crippen molar-refractivity contribution in [2.24, 2.45) is 0 Å². The number of pyridine rings is 2. The Bertz CT molecular complexity index is 1480. The summed E-state index contributed by atoms with van der Waals surface area (Å²) in [5, 5.41) is 3.57. The molecular formula is C21H18ClFN6O3S. The minimum Gasteiger partial charge on any atom is -0.480 e. The van der Waals surface area contributed by atoms with E-state index in [1.807, 2.05) is 0 Å². The average Bonchev–Trinajstić information content (AvgIpc) is 2.79. The lowest BCUT2D eigenvalue weighted by molar-refractivity contribution is 0.385. The van der Waals surface area contributed by atoms with Crippen LogP contribution in [0.3, 0.4) is 0 Å². The van der Waals surface area contributed by atoms with Crippen LogP contribution in [0.4, 0.5) is 16.0 Å². The van der Waals surface area contributed by atoms with Crippen molar-refractivity contribution in [1.82, 2.24) is 19.9 Å². The summed E-state index contributed by atoms with van der Waals surface area (Å²) < 4.78 is 48.1. The van der Waals surface area contributed by atoms with Gasteiger partial charge < -0.3 is 10.1 Å². The van der Waals surface area contributed by atoms with Gasteiger partial charge in [0.2, 0.25) is 11.8 Å². The Labute approximate surface area is 194 Å². The molecule has 9 nitrogen and oxygen atoms in total. The number of nitrogens with one attached hydrogen (secondary N) is 2. The maximum Gasteiger partial charge on any atom is 0.267 e. The molecule has 4 rings (SSSR count). The molecule has 0 amide bonds. The number of methoxy groups -OCH3 is 1. The van der Waals surface area contributed by atoms with E-state index in [0.717, 1.165) is 0 Å². The molecule has 4 aromatic rings. The minimum atomic E-state index is -4.13. The van der Waals surface area contributed by atoms with Crippen molar-refractivity contribution < 1.29 is 17.5 Å². The van der Waals surface area contributed by atoms with E-state index in [0.29, 0.717) is 28.2 Å². The summed E-state index contributed by atoms with van der Waals surface area (Å²) in [6.45, 7) is 1.72. The van der Waals surface area contributed by atoms with Gasteiger partial charge in [-0.15, -0.1) is 0 Å². The van der Waals surface area contributed by atoms with Gasteiger partial charge in [-0.3, -0.25) is 4.72 Å². The zero-order valence-corrected chi connectivity index (χ0v) is 19.3. The summed E-state index contributed by atoms with van der Waals surface area (Å²) in [5.74, 6) is -0.252. The van der Waals surface area contributed by atoms with Crippen LogP contribution in [0.5, 0.6) is 5.88 Å². The summed E-state index contributed by atoms with van der Waals surface area (Å²) in [6, 6.07) is 6.79. The lowest BCUT2D eigenvalue weighted by Crippen LogP contribution is -2.15. The molecule has 0 spiro atoms. The van der Waals surface area contributed by atoms with Crippen LogP contribution in [0, 0.1) is 12.7 Å². The SMILES string of the molecule is CNc1ncc2cc(-c3cc(NS(=O)(=O)c4cc(Cl)cnc4OC)ccc3F)c(C)nc2n1. The molecule has 0 radical (unpaired) electrons. The topological polar surface area (TPSA) is 119 Å². The Balaban J connectivity index is 1.76. The fourth-order valence-corrected chi connectivity index (χ4v) is 4.62. The van der Waals surface area contributed by atoms with Gasteiger partial charge in [0.25, 0.3) is 10.0 Å². The zero-order chi connectivity index (χ0) is 23.8. The van der Waals surface area contributed by atoms with Crippen molar-refractivity contribution in [3.05, 3.63) is 59.3 Å². The third-order valence-corrected chi connectivity index (χ3v) is 6.34. The predicted molar refractivity (Wildman–Crippen MR) is 124 cm³/mol. The van der Waals surface area contributed by atoms with E-state index >= 15 is 0 Å². The number of aryl methyl sites for hydroxylation is 1. The van der Waals surface area contributed by atoms with Crippen LogP contribution < -0.4 is 14.8 Å². The Morgan fingerprint density at radius 1 is 1.06 bits per heavy atom. The lowest BCUT2D eigenvalue weighted by atomic mass is 10.0. The van der Waals surface area contributed by atoms with Crippen LogP contribution in [0.1, 0.15) is 5.69 Å². The van der Waals surface area contributed by atoms with Gasteiger partial charge >= 0.3 is 0 Å². The van der Waals surface area contributed by atoms with Crippen LogP contribution in [-0.2, 0) is 10.0 Å². The van der Waals surface area contributed by atoms with Gasteiger partial charge in [0.15, 0.2) is 10.5 Å². The average molecular weight is 489 g/mol. The maximum atomic E-state index is 14.8. The van der Waals surface area contributed by atoms with Crippen molar-refractivity contribution in [3.8, 4) is 17.0 Å². The molecule has 170 valence electrons. The third-order valence-electron chi connectivity index (χ3n) is 4.76. The molecule has 12 heteroatoms. The van der Waals surface area contributed by atoms with Gasteiger partial charge in [-0.05, 0) is 37.3 Å². The summed E-state index contributed by atoms with van der Waals surface area (Å²) in [5.41, 5.74) is 1.74. The van der Waals surface area contributed by atoms with E-state index < -0.39 is 15.8 Å². The highest BCUT2D eigenvalue weighted by Crippen LogP contribution is 2.32. The van der Waals surface area contributed by atoms with Crippen molar-refractivity contribution in [3.63, 3.8) is 0 Å².